The minimum Gasteiger partial charge on any atom is -0.480 e. The van der Waals surface area contributed by atoms with Gasteiger partial charge < -0.3 is 33.4 Å². The fraction of sp³-hybridized carbons (Fsp3) is 0.760. The van der Waals surface area contributed by atoms with Gasteiger partial charge in [-0.15, -0.1) is 0 Å². The Morgan fingerprint density at radius 1 is 1.11 bits per heavy atom. The Morgan fingerprint density at radius 2 is 1.73 bits per heavy atom. The molecule has 37 heavy (non-hydrogen) atoms. The number of carbonyl (C=O) groups is 2. The molecule has 12 heteroatoms. The third-order valence-electron chi connectivity index (χ3n) is 6.29. The van der Waals surface area contributed by atoms with Crippen molar-refractivity contribution in [2.45, 2.75) is 103 Å². The summed E-state index contributed by atoms with van der Waals surface area (Å²) in [5.41, 5.74) is -0.620. The lowest BCUT2D eigenvalue weighted by Crippen LogP contribution is -2.55. The van der Waals surface area contributed by atoms with Crippen LogP contribution in [0.5, 0.6) is 11.9 Å². The third kappa shape index (κ3) is 8.10. The zero-order valence-electron chi connectivity index (χ0n) is 24.2. The minimum atomic E-state index is -2.22. The number of alkyl carbamates (subject to hydrolysis) is 1. The number of hydrogen-bond donors (Lipinski definition) is 1. The number of methoxy groups -OCH3 is 2. The number of carbonyl (C=O) groups excluding carboxylic acids is 2. The summed E-state index contributed by atoms with van der Waals surface area (Å²) in [4.78, 5) is 34.7. The Labute approximate surface area is 221 Å². The number of ether oxygens (including phenoxy) is 5. The molecule has 1 fully saturated rings. The van der Waals surface area contributed by atoms with Crippen LogP contribution in [0.2, 0.25) is 18.1 Å². The lowest BCUT2D eigenvalue weighted by atomic mass is 9.99. The summed E-state index contributed by atoms with van der Waals surface area (Å²) >= 11 is 0. The van der Waals surface area contributed by atoms with E-state index >= 15 is 0 Å². The first-order valence-electron chi connectivity index (χ1n) is 12.3. The van der Waals surface area contributed by atoms with Crippen molar-refractivity contribution in [3.63, 3.8) is 0 Å². The van der Waals surface area contributed by atoms with Gasteiger partial charge in [0.25, 0.3) is 0 Å². The Kier molecular flexibility index (Phi) is 9.38. The van der Waals surface area contributed by atoms with Gasteiger partial charge >= 0.3 is 12.1 Å². The third-order valence-corrected chi connectivity index (χ3v) is 10.8. The molecule has 2 rings (SSSR count). The van der Waals surface area contributed by atoms with Crippen LogP contribution in [0.1, 0.15) is 65.7 Å². The Morgan fingerprint density at radius 3 is 2.24 bits per heavy atom. The van der Waals surface area contributed by atoms with Gasteiger partial charge in [-0.05, 0) is 52.8 Å². The highest BCUT2D eigenvalue weighted by Gasteiger charge is 2.51. The zero-order valence-corrected chi connectivity index (χ0v) is 25.2. The second-order valence-electron chi connectivity index (χ2n) is 12.0. The molecule has 1 saturated heterocycles. The summed E-state index contributed by atoms with van der Waals surface area (Å²) in [6.07, 6.45) is -1.34. The highest BCUT2D eigenvalue weighted by Crippen LogP contribution is 2.38. The highest BCUT2D eigenvalue weighted by atomic mass is 28.4. The fourth-order valence-corrected chi connectivity index (χ4v) is 4.43. The summed E-state index contributed by atoms with van der Waals surface area (Å²) in [6.45, 7) is 19.4. The zero-order chi connectivity index (χ0) is 28.4. The van der Waals surface area contributed by atoms with Crippen molar-refractivity contribution in [2.75, 3.05) is 20.8 Å². The molecule has 0 bridgehead atoms. The molecule has 0 aliphatic carbocycles. The molecule has 1 amide bonds. The molecule has 210 valence electrons. The normalized spacial score (nSPS) is 20.8. The fourth-order valence-electron chi connectivity index (χ4n) is 3.41. The highest BCUT2D eigenvalue weighted by molar-refractivity contribution is 6.74. The monoisotopic (exact) mass is 541 g/mol. The van der Waals surface area contributed by atoms with Crippen LogP contribution < -0.4 is 14.8 Å². The van der Waals surface area contributed by atoms with Crippen molar-refractivity contribution >= 4 is 20.2 Å². The van der Waals surface area contributed by atoms with Gasteiger partial charge in [0.2, 0.25) is 11.7 Å². The lowest BCUT2D eigenvalue weighted by Gasteiger charge is -2.38. The van der Waals surface area contributed by atoms with Crippen LogP contribution in [0.15, 0.2) is 6.20 Å². The van der Waals surface area contributed by atoms with Gasteiger partial charge in [0.15, 0.2) is 20.2 Å². The summed E-state index contributed by atoms with van der Waals surface area (Å²) < 4.78 is 34.5. The molecule has 0 spiro atoms. The topological polar surface area (TPSA) is 127 Å². The van der Waals surface area contributed by atoms with Crippen LogP contribution in [0.25, 0.3) is 0 Å². The minimum absolute atomic E-state index is 0.0399. The van der Waals surface area contributed by atoms with Crippen LogP contribution in [-0.2, 0) is 18.6 Å². The largest absolute Gasteiger partial charge is 0.480 e. The molecule has 0 saturated carbocycles. The van der Waals surface area contributed by atoms with Crippen LogP contribution in [0.3, 0.4) is 0 Å². The molecule has 0 aromatic carbocycles. The van der Waals surface area contributed by atoms with Gasteiger partial charge in [-0.2, -0.15) is 4.98 Å². The number of ketones is 1. The van der Waals surface area contributed by atoms with Gasteiger partial charge in [0.05, 0.1) is 26.9 Å². The molecule has 3 atom stereocenters. The number of aromatic nitrogens is 2. The first kappa shape index (κ1) is 30.9. The Hall–Kier alpha value is -2.28. The molecule has 0 radical (unpaired) electrons. The number of nitrogens with zero attached hydrogens (tertiary/aromatic N) is 2. The van der Waals surface area contributed by atoms with E-state index in [-0.39, 0.29) is 29.1 Å². The Bertz CT molecular complexity index is 972. The summed E-state index contributed by atoms with van der Waals surface area (Å²) in [7, 11) is 0.592. The molecule has 2 heterocycles. The molecule has 1 N–H and O–H groups in total. The van der Waals surface area contributed by atoms with Gasteiger partial charge in [-0.3, -0.25) is 4.79 Å². The maximum absolute atomic E-state index is 13.7. The average molecular weight is 542 g/mol. The predicted molar refractivity (Wildman–Crippen MR) is 140 cm³/mol. The van der Waals surface area contributed by atoms with E-state index in [2.05, 4.69) is 49.1 Å². The van der Waals surface area contributed by atoms with E-state index in [1.165, 1.54) is 20.4 Å². The number of amides is 1. The quantitative estimate of drug-likeness (QED) is 0.360. The maximum Gasteiger partial charge on any atom is 0.408 e. The molecule has 1 aliphatic rings. The van der Waals surface area contributed by atoms with E-state index < -0.39 is 49.8 Å². The van der Waals surface area contributed by atoms with Crippen LogP contribution in [-0.4, -0.2) is 80.6 Å². The molecule has 1 aromatic heterocycles. The maximum atomic E-state index is 13.7. The van der Waals surface area contributed by atoms with E-state index in [0.717, 1.165) is 0 Å². The number of Topliss-reactive ketones (excluding diaryl/α,β-unsaturated/α-hetero) is 1. The first-order valence-corrected chi connectivity index (χ1v) is 15.2. The number of rotatable bonds is 9. The van der Waals surface area contributed by atoms with Crippen molar-refractivity contribution in [3.8, 4) is 11.9 Å². The van der Waals surface area contributed by atoms with Crippen molar-refractivity contribution in [2.24, 2.45) is 0 Å². The molecular formula is C25H43N3O8Si. The van der Waals surface area contributed by atoms with Gasteiger partial charge in [0, 0.05) is 6.20 Å². The van der Waals surface area contributed by atoms with Crippen molar-refractivity contribution in [1.82, 2.24) is 15.3 Å². The number of hydrogen-bond acceptors (Lipinski definition) is 10. The van der Waals surface area contributed by atoms with Crippen molar-refractivity contribution in [1.29, 1.82) is 0 Å². The van der Waals surface area contributed by atoms with Gasteiger partial charge in [0.1, 0.15) is 17.3 Å². The van der Waals surface area contributed by atoms with Gasteiger partial charge in [-0.1, -0.05) is 20.8 Å². The van der Waals surface area contributed by atoms with Gasteiger partial charge in [-0.25, -0.2) is 9.78 Å². The molecular weight excluding hydrogens is 498 g/mol. The first-order chi connectivity index (χ1) is 16.8. The second kappa shape index (κ2) is 11.2. The average Bonchev–Trinajstić information content (AvgIpc) is 3.08. The van der Waals surface area contributed by atoms with E-state index in [1.54, 1.807) is 34.6 Å². The van der Waals surface area contributed by atoms with Crippen LogP contribution in [0, 0.1) is 0 Å². The SMILES string of the molecule is COc1ncc(C(=O)[C@@H]2OC(C)(C)O[C@@H]2[C@@H](CO[Si](C)(C)C(C)(C)C)NC(=O)OC(C)(C)C)c(OC)n1. The smallest absolute Gasteiger partial charge is 0.408 e. The summed E-state index contributed by atoms with van der Waals surface area (Å²) in [5.74, 6) is -1.53. The lowest BCUT2D eigenvalue weighted by molar-refractivity contribution is -0.146. The van der Waals surface area contributed by atoms with Crippen LogP contribution >= 0.6 is 0 Å². The van der Waals surface area contributed by atoms with E-state index in [0.29, 0.717) is 0 Å². The van der Waals surface area contributed by atoms with Crippen molar-refractivity contribution in [3.05, 3.63) is 11.8 Å². The van der Waals surface area contributed by atoms with E-state index in [4.69, 9.17) is 28.1 Å². The summed E-state index contributed by atoms with van der Waals surface area (Å²) in [5, 5.41) is 2.79. The second-order valence-corrected chi connectivity index (χ2v) is 16.8. The molecule has 11 nitrogen and oxygen atoms in total. The molecule has 1 aromatic rings. The van der Waals surface area contributed by atoms with Crippen LogP contribution in [0.4, 0.5) is 4.79 Å². The molecule has 1 aliphatic heterocycles. The predicted octanol–water partition coefficient (Wildman–Crippen LogP) is 4.11. The van der Waals surface area contributed by atoms with E-state index in [1.807, 2.05) is 0 Å². The summed E-state index contributed by atoms with van der Waals surface area (Å²) in [6, 6.07) is -0.703. The number of nitrogens with one attached hydrogen (secondary N) is 1. The van der Waals surface area contributed by atoms with E-state index in [9.17, 15) is 9.59 Å². The standard InChI is InChI=1S/C25H43N3O8Si/c1-23(2,3)36-22(30)27-16(14-33-37(11,12)24(4,5)6)18-19(35-25(7,8)34-18)17(29)15-13-26-21(32-10)28-20(15)31-9/h13,16,18-19H,14H2,1-12H3,(H,27,30)/t16-,18-,19+/m1/s1. The van der Waals surface area contributed by atoms with Crippen molar-refractivity contribution < 1.29 is 37.7 Å². The molecule has 0 unspecified atom stereocenters. The Balaban J connectivity index is 2.44.